The van der Waals surface area contributed by atoms with E-state index in [2.05, 4.69) is 5.32 Å². The number of benzene rings is 1. The maximum Gasteiger partial charge on any atom is 0.338 e. The van der Waals surface area contributed by atoms with Gasteiger partial charge in [0.15, 0.2) is 0 Å². The van der Waals surface area contributed by atoms with Gasteiger partial charge in [0.2, 0.25) is 5.78 Å². The lowest BCUT2D eigenvalue weighted by Crippen LogP contribution is -2.40. The first-order chi connectivity index (χ1) is 15.8. The van der Waals surface area contributed by atoms with Crippen molar-refractivity contribution in [1.82, 2.24) is 9.13 Å². The molecule has 3 heterocycles. The summed E-state index contributed by atoms with van der Waals surface area (Å²) >= 11 is 0. The SMILES string of the molecule is CCCn1c2c(c(=O)n(C)c1=O)C(=O)C(=Cc1ccc(-c3ccc(C(=O)OCC)cc3)o1)N2. The average molecular weight is 449 g/mol. The molecule has 9 heteroatoms. The summed E-state index contributed by atoms with van der Waals surface area (Å²) in [6, 6.07) is 10.2. The molecule has 1 aliphatic heterocycles. The quantitative estimate of drug-likeness (QED) is 0.455. The van der Waals surface area contributed by atoms with Crippen LogP contribution in [-0.2, 0) is 18.3 Å². The smallest absolute Gasteiger partial charge is 0.338 e. The molecular formula is C24H23N3O6. The van der Waals surface area contributed by atoms with E-state index >= 15 is 0 Å². The Labute approximate surface area is 188 Å². The third-order valence-corrected chi connectivity index (χ3v) is 5.31. The van der Waals surface area contributed by atoms with E-state index in [4.69, 9.17) is 9.15 Å². The number of ketones is 1. The van der Waals surface area contributed by atoms with Gasteiger partial charge >= 0.3 is 11.7 Å². The molecule has 170 valence electrons. The molecule has 9 nitrogen and oxygen atoms in total. The van der Waals surface area contributed by atoms with Crippen molar-refractivity contribution in [3.63, 3.8) is 0 Å². The fourth-order valence-corrected chi connectivity index (χ4v) is 3.67. The standard InChI is InChI=1S/C24H23N3O6/c1-4-12-27-21-19(22(29)26(3)24(27)31)20(28)17(25-21)13-16-10-11-18(33-16)14-6-8-15(9-7-14)23(30)32-5-2/h6-11,13,25H,4-5,12H2,1-3H3. The van der Waals surface area contributed by atoms with Gasteiger partial charge in [-0.05, 0) is 37.6 Å². The highest BCUT2D eigenvalue weighted by molar-refractivity contribution is 6.19. The van der Waals surface area contributed by atoms with Crippen LogP contribution in [0.2, 0.25) is 0 Å². The van der Waals surface area contributed by atoms with Gasteiger partial charge < -0.3 is 14.5 Å². The number of ether oxygens (including phenoxy) is 1. The van der Waals surface area contributed by atoms with E-state index in [1.165, 1.54) is 17.7 Å². The van der Waals surface area contributed by atoms with Gasteiger partial charge in [-0.1, -0.05) is 19.1 Å². The third kappa shape index (κ3) is 3.93. The van der Waals surface area contributed by atoms with E-state index in [0.29, 0.717) is 36.7 Å². The number of carbonyl (C=O) groups is 2. The molecule has 1 aromatic carbocycles. The van der Waals surface area contributed by atoms with E-state index in [-0.39, 0.29) is 17.1 Å². The zero-order valence-corrected chi connectivity index (χ0v) is 18.5. The Morgan fingerprint density at radius 3 is 2.48 bits per heavy atom. The number of anilines is 1. The molecule has 0 bridgehead atoms. The van der Waals surface area contributed by atoms with Gasteiger partial charge in [-0.3, -0.25) is 18.7 Å². The summed E-state index contributed by atoms with van der Waals surface area (Å²) < 4.78 is 13.2. The lowest BCUT2D eigenvalue weighted by molar-refractivity contribution is 0.0526. The van der Waals surface area contributed by atoms with Gasteiger partial charge in [0.05, 0.1) is 17.9 Å². The maximum absolute atomic E-state index is 12.9. The molecular weight excluding hydrogens is 426 g/mol. The molecule has 0 unspecified atom stereocenters. The number of nitrogens with zero attached hydrogens (tertiary/aromatic N) is 2. The Morgan fingerprint density at radius 1 is 1.09 bits per heavy atom. The molecule has 4 rings (SSSR count). The van der Waals surface area contributed by atoms with E-state index in [9.17, 15) is 19.2 Å². The zero-order valence-electron chi connectivity index (χ0n) is 18.5. The highest BCUT2D eigenvalue weighted by Gasteiger charge is 2.32. The highest BCUT2D eigenvalue weighted by Crippen LogP contribution is 2.28. The van der Waals surface area contributed by atoms with Crippen molar-refractivity contribution < 1.29 is 18.7 Å². The number of nitrogens with one attached hydrogen (secondary N) is 1. The number of hydrogen-bond donors (Lipinski definition) is 1. The van der Waals surface area contributed by atoms with Crippen LogP contribution in [0.3, 0.4) is 0 Å². The monoisotopic (exact) mass is 449 g/mol. The molecule has 0 amide bonds. The van der Waals surface area contributed by atoms with Crippen LogP contribution in [-0.4, -0.2) is 27.5 Å². The second kappa shape index (κ2) is 8.78. The van der Waals surface area contributed by atoms with Crippen molar-refractivity contribution in [3.05, 3.63) is 79.8 Å². The number of fused-ring (bicyclic) bond motifs is 1. The molecule has 3 aromatic rings. The van der Waals surface area contributed by atoms with Crippen LogP contribution in [0.4, 0.5) is 5.82 Å². The van der Waals surface area contributed by atoms with Crippen LogP contribution >= 0.6 is 0 Å². The molecule has 0 radical (unpaired) electrons. The second-order valence-corrected chi connectivity index (χ2v) is 7.53. The van der Waals surface area contributed by atoms with Crippen molar-refractivity contribution in [3.8, 4) is 11.3 Å². The molecule has 0 fully saturated rings. The second-order valence-electron chi connectivity index (χ2n) is 7.53. The molecule has 0 saturated heterocycles. The molecule has 0 aliphatic carbocycles. The number of furan rings is 1. The number of Topliss-reactive ketones (excluding diaryl/α,β-unsaturated/α-hetero) is 1. The first-order valence-corrected chi connectivity index (χ1v) is 10.6. The number of hydrogen-bond acceptors (Lipinski definition) is 7. The predicted molar refractivity (Wildman–Crippen MR) is 122 cm³/mol. The predicted octanol–water partition coefficient (Wildman–Crippen LogP) is 3.04. The zero-order chi connectivity index (χ0) is 23.7. The van der Waals surface area contributed by atoms with Crippen LogP contribution in [0.5, 0.6) is 0 Å². The normalized spacial score (nSPS) is 13.8. The van der Waals surface area contributed by atoms with Gasteiger partial charge in [-0.25, -0.2) is 9.59 Å². The van der Waals surface area contributed by atoms with Crippen molar-refractivity contribution in [2.75, 3.05) is 11.9 Å². The van der Waals surface area contributed by atoms with Gasteiger partial charge in [-0.15, -0.1) is 0 Å². The minimum Gasteiger partial charge on any atom is -0.462 e. The fraction of sp³-hybridized carbons (Fsp3) is 0.250. The van der Waals surface area contributed by atoms with Crippen molar-refractivity contribution >= 4 is 23.6 Å². The van der Waals surface area contributed by atoms with E-state index in [1.54, 1.807) is 43.3 Å². The van der Waals surface area contributed by atoms with Gasteiger partial charge in [0.1, 0.15) is 22.9 Å². The van der Waals surface area contributed by atoms with E-state index in [1.807, 2.05) is 6.92 Å². The molecule has 0 atom stereocenters. The fourth-order valence-electron chi connectivity index (χ4n) is 3.67. The number of carbonyl (C=O) groups excluding carboxylic acids is 2. The van der Waals surface area contributed by atoms with Crippen LogP contribution in [0.25, 0.3) is 17.4 Å². The largest absolute Gasteiger partial charge is 0.462 e. The molecule has 0 saturated carbocycles. The van der Waals surface area contributed by atoms with Gasteiger partial charge in [-0.2, -0.15) is 0 Å². The minimum atomic E-state index is -0.634. The molecule has 1 N–H and O–H groups in total. The Hall–Kier alpha value is -4.14. The highest BCUT2D eigenvalue weighted by atomic mass is 16.5. The molecule has 0 spiro atoms. The summed E-state index contributed by atoms with van der Waals surface area (Å²) in [6.07, 6.45) is 2.16. The summed E-state index contributed by atoms with van der Waals surface area (Å²) in [5, 5.41) is 2.93. The minimum absolute atomic E-state index is 0.0573. The van der Waals surface area contributed by atoms with Crippen LogP contribution < -0.4 is 16.6 Å². The molecule has 2 aromatic heterocycles. The van der Waals surface area contributed by atoms with Crippen molar-refractivity contribution in [2.24, 2.45) is 7.05 Å². The van der Waals surface area contributed by atoms with Crippen LogP contribution in [0, 0.1) is 0 Å². The summed E-state index contributed by atoms with van der Waals surface area (Å²) in [5.41, 5.74) is 0.160. The Balaban J connectivity index is 1.64. The summed E-state index contributed by atoms with van der Waals surface area (Å²) in [5.74, 6) is 0.255. The number of allylic oxidation sites excluding steroid dienone is 1. The van der Waals surface area contributed by atoms with Crippen molar-refractivity contribution in [2.45, 2.75) is 26.8 Å². The van der Waals surface area contributed by atoms with E-state index in [0.717, 1.165) is 10.1 Å². The Morgan fingerprint density at radius 2 is 1.82 bits per heavy atom. The molecule has 1 aliphatic rings. The van der Waals surface area contributed by atoms with Crippen LogP contribution in [0.15, 0.2) is 56.1 Å². The topological polar surface area (TPSA) is 113 Å². The first-order valence-electron chi connectivity index (χ1n) is 10.6. The van der Waals surface area contributed by atoms with E-state index < -0.39 is 23.0 Å². The average Bonchev–Trinajstić information content (AvgIpc) is 3.40. The van der Waals surface area contributed by atoms with Crippen molar-refractivity contribution in [1.29, 1.82) is 0 Å². The molecule has 33 heavy (non-hydrogen) atoms. The number of rotatable bonds is 6. The maximum atomic E-state index is 12.9. The summed E-state index contributed by atoms with van der Waals surface area (Å²) in [4.78, 5) is 49.8. The lowest BCUT2D eigenvalue weighted by atomic mass is 10.1. The lowest BCUT2D eigenvalue weighted by Gasteiger charge is -2.11. The number of aromatic nitrogens is 2. The Kier molecular flexibility index (Phi) is 5.87. The Bertz CT molecular complexity index is 1390. The first kappa shape index (κ1) is 22.1. The summed E-state index contributed by atoms with van der Waals surface area (Å²) in [7, 11) is 1.36. The number of esters is 1. The van der Waals surface area contributed by atoms with Crippen LogP contribution in [0.1, 0.15) is 46.7 Å². The van der Waals surface area contributed by atoms with Gasteiger partial charge in [0.25, 0.3) is 5.56 Å². The summed E-state index contributed by atoms with van der Waals surface area (Å²) in [6.45, 7) is 4.32. The third-order valence-electron chi connectivity index (χ3n) is 5.31. The van der Waals surface area contributed by atoms with Gasteiger partial charge in [0, 0.05) is 25.2 Å².